The molecule has 19 heavy (non-hydrogen) atoms. The van der Waals surface area contributed by atoms with Gasteiger partial charge in [-0.2, -0.15) is 5.26 Å². The molecule has 96 valence electrons. The second-order valence-electron chi connectivity index (χ2n) is 4.21. The first-order valence-corrected chi connectivity index (χ1v) is 6.45. The van der Waals surface area contributed by atoms with Crippen molar-refractivity contribution in [3.05, 3.63) is 64.4 Å². The Balaban J connectivity index is 1.82. The lowest BCUT2D eigenvalue weighted by molar-refractivity contribution is 0.686. The Bertz CT molecular complexity index is 576. The summed E-state index contributed by atoms with van der Waals surface area (Å²) in [6, 6.07) is 11.4. The van der Waals surface area contributed by atoms with Crippen LogP contribution < -0.4 is 5.32 Å². The number of rotatable bonds is 5. The van der Waals surface area contributed by atoms with Crippen LogP contribution in [0.4, 0.5) is 0 Å². The molecule has 0 aliphatic rings. The van der Waals surface area contributed by atoms with Crippen LogP contribution in [0.25, 0.3) is 0 Å². The highest BCUT2D eigenvalue weighted by atomic mass is 35.5. The van der Waals surface area contributed by atoms with Gasteiger partial charge in [-0.25, -0.2) is 0 Å². The average Bonchev–Trinajstić information content (AvgIpc) is 2.46. The van der Waals surface area contributed by atoms with E-state index in [0.717, 1.165) is 18.5 Å². The molecule has 0 bridgehead atoms. The molecule has 3 nitrogen and oxygen atoms in total. The maximum atomic E-state index is 8.76. The van der Waals surface area contributed by atoms with Crippen LogP contribution in [0.15, 0.2) is 42.7 Å². The number of nitriles is 1. The molecule has 1 aromatic heterocycles. The van der Waals surface area contributed by atoms with Crippen LogP contribution in [0.5, 0.6) is 0 Å². The van der Waals surface area contributed by atoms with E-state index in [-0.39, 0.29) is 0 Å². The van der Waals surface area contributed by atoms with Gasteiger partial charge >= 0.3 is 0 Å². The fraction of sp³-hybridized carbons (Fsp3) is 0.200. The lowest BCUT2D eigenvalue weighted by Gasteiger charge is -2.07. The van der Waals surface area contributed by atoms with E-state index in [4.69, 9.17) is 16.9 Å². The zero-order chi connectivity index (χ0) is 13.5. The number of nitrogens with zero attached hydrogens (tertiary/aromatic N) is 2. The summed E-state index contributed by atoms with van der Waals surface area (Å²) < 4.78 is 0. The summed E-state index contributed by atoms with van der Waals surface area (Å²) in [6.45, 7) is 1.56. The zero-order valence-electron chi connectivity index (χ0n) is 10.4. The molecule has 1 N–H and O–H groups in total. The van der Waals surface area contributed by atoms with Gasteiger partial charge in [0, 0.05) is 24.0 Å². The third-order valence-electron chi connectivity index (χ3n) is 2.81. The minimum atomic E-state index is 0.587. The summed E-state index contributed by atoms with van der Waals surface area (Å²) in [6.07, 6.45) is 4.57. The highest BCUT2D eigenvalue weighted by Crippen LogP contribution is 2.17. The Morgan fingerprint density at radius 2 is 2.21 bits per heavy atom. The molecule has 0 saturated heterocycles. The van der Waals surface area contributed by atoms with E-state index in [1.165, 1.54) is 5.56 Å². The summed E-state index contributed by atoms with van der Waals surface area (Å²) in [4.78, 5) is 4.08. The third kappa shape index (κ3) is 4.06. The molecule has 0 amide bonds. The Hall–Kier alpha value is -1.89. The van der Waals surface area contributed by atoms with Crippen LogP contribution >= 0.6 is 11.6 Å². The van der Waals surface area contributed by atoms with Gasteiger partial charge in [-0.15, -0.1) is 0 Å². The minimum Gasteiger partial charge on any atom is -0.312 e. The maximum Gasteiger partial charge on any atom is 0.0992 e. The van der Waals surface area contributed by atoms with Crippen LogP contribution in [-0.4, -0.2) is 11.5 Å². The first-order chi connectivity index (χ1) is 9.29. The first-order valence-electron chi connectivity index (χ1n) is 6.08. The van der Waals surface area contributed by atoms with Crippen molar-refractivity contribution in [2.75, 3.05) is 6.54 Å². The molecule has 1 aromatic carbocycles. The second kappa shape index (κ2) is 6.89. The molecule has 0 unspecified atom stereocenters. The van der Waals surface area contributed by atoms with E-state index in [1.54, 1.807) is 18.3 Å². The first kappa shape index (κ1) is 13.5. The van der Waals surface area contributed by atoms with Crippen molar-refractivity contribution in [1.29, 1.82) is 5.26 Å². The average molecular weight is 272 g/mol. The van der Waals surface area contributed by atoms with Crippen molar-refractivity contribution in [2.45, 2.75) is 13.0 Å². The summed E-state index contributed by atoms with van der Waals surface area (Å²) in [7, 11) is 0. The van der Waals surface area contributed by atoms with Gasteiger partial charge in [-0.1, -0.05) is 23.7 Å². The molecule has 0 spiro atoms. The van der Waals surface area contributed by atoms with Crippen LogP contribution in [0.2, 0.25) is 5.02 Å². The topological polar surface area (TPSA) is 48.7 Å². The van der Waals surface area contributed by atoms with Gasteiger partial charge in [-0.3, -0.25) is 4.98 Å². The normalized spacial score (nSPS) is 10.1. The predicted molar refractivity (Wildman–Crippen MR) is 75.8 cm³/mol. The molecular formula is C15H14ClN3. The maximum absolute atomic E-state index is 8.76. The SMILES string of the molecule is N#Cc1ccc(CNCCc2cccnc2)c(Cl)c1. The highest BCUT2D eigenvalue weighted by Gasteiger charge is 2.01. The fourth-order valence-electron chi connectivity index (χ4n) is 1.76. The molecule has 0 aliphatic heterocycles. The number of halogens is 1. The van der Waals surface area contributed by atoms with Gasteiger partial charge in [0.1, 0.15) is 0 Å². The Morgan fingerprint density at radius 1 is 1.32 bits per heavy atom. The molecule has 2 aromatic rings. The number of benzene rings is 1. The molecule has 1 heterocycles. The van der Waals surface area contributed by atoms with E-state index in [9.17, 15) is 0 Å². The standard InChI is InChI=1S/C15H14ClN3/c16-15-8-13(9-17)3-4-14(15)11-19-7-5-12-2-1-6-18-10-12/h1-4,6,8,10,19H,5,7,11H2. The quantitative estimate of drug-likeness (QED) is 0.851. The fourth-order valence-corrected chi connectivity index (χ4v) is 2.01. The van der Waals surface area contributed by atoms with Gasteiger partial charge in [-0.05, 0) is 42.3 Å². The molecule has 4 heteroatoms. The van der Waals surface area contributed by atoms with Crippen molar-refractivity contribution in [2.24, 2.45) is 0 Å². The van der Waals surface area contributed by atoms with Crippen LogP contribution in [0.3, 0.4) is 0 Å². The van der Waals surface area contributed by atoms with Crippen molar-refractivity contribution >= 4 is 11.6 Å². The van der Waals surface area contributed by atoms with Gasteiger partial charge in [0.05, 0.1) is 11.6 Å². The smallest absolute Gasteiger partial charge is 0.0992 e. The molecular weight excluding hydrogens is 258 g/mol. The monoisotopic (exact) mass is 271 g/mol. The molecule has 0 radical (unpaired) electrons. The zero-order valence-corrected chi connectivity index (χ0v) is 11.2. The highest BCUT2D eigenvalue weighted by molar-refractivity contribution is 6.31. The Labute approximate surface area is 117 Å². The lowest BCUT2D eigenvalue weighted by atomic mass is 10.1. The molecule has 0 saturated carbocycles. The Morgan fingerprint density at radius 3 is 2.89 bits per heavy atom. The van der Waals surface area contributed by atoms with Gasteiger partial charge < -0.3 is 5.32 Å². The van der Waals surface area contributed by atoms with Crippen molar-refractivity contribution in [3.63, 3.8) is 0 Å². The van der Waals surface area contributed by atoms with Gasteiger partial charge in [0.2, 0.25) is 0 Å². The summed E-state index contributed by atoms with van der Waals surface area (Å²) in [5, 5.41) is 12.7. The van der Waals surface area contributed by atoms with Crippen molar-refractivity contribution in [3.8, 4) is 6.07 Å². The van der Waals surface area contributed by atoms with Crippen molar-refractivity contribution < 1.29 is 0 Å². The predicted octanol–water partition coefficient (Wildman–Crippen LogP) is 2.94. The van der Waals surface area contributed by atoms with Crippen LogP contribution in [0.1, 0.15) is 16.7 Å². The van der Waals surface area contributed by atoms with Crippen LogP contribution in [-0.2, 0) is 13.0 Å². The summed E-state index contributed by atoms with van der Waals surface area (Å²) in [5.41, 5.74) is 2.80. The largest absolute Gasteiger partial charge is 0.312 e. The molecule has 0 atom stereocenters. The summed E-state index contributed by atoms with van der Waals surface area (Å²) in [5.74, 6) is 0. The van der Waals surface area contributed by atoms with E-state index >= 15 is 0 Å². The molecule has 2 rings (SSSR count). The van der Waals surface area contributed by atoms with Gasteiger partial charge in [0.15, 0.2) is 0 Å². The van der Waals surface area contributed by atoms with E-state index in [0.29, 0.717) is 17.1 Å². The molecule has 0 fully saturated rings. The van der Waals surface area contributed by atoms with Crippen molar-refractivity contribution in [1.82, 2.24) is 10.3 Å². The number of hydrogen-bond donors (Lipinski definition) is 1. The number of hydrogen-bond acceptors (Lipinski definition) is 3. The lowest BCUT2D eigenvalue weighted by Crippen LogP contribution is -2.17. The van der Waals surface area contributed by atoms with E-state index in [1.807, 2.05) is 18.3 Å². The second-order valence-corrected chi connectivity index (χ2v) is 4.61. The number of nitrogens with one attached hydrogen (secondary N) is 1. The van der Waals surface area contributed by atoms with Gasteiger partial charge in [0.25, 0.3) is 0 Å². The number of pyridine rings is 1. The molecule has 0 aliphatic carbocycles. The van der Waals surface area contributed by atoms with Crippen LogP contribution in [0, 0.1) is 11.3 Å². The van der Waals surface area contributed by atoms with E-state index < -0.39 is 0 Å². The van der Waals surface area contributed by atoms with E-state index in [2.05, 4.69) is 22.4 Å². The summed E-state index contributed by atoms with van der Waals surface area (Å²) >= 11 is 6.10. The minimum absolute atomic E-state index is 0.587. The Kier molecular flexibility index (Phi) is 4.91. The third-order valence-corrected chi connectivity index (χ3v) is 3.16. The number of aromatic nitrogens is 1.